The maximum absolute atomic E-state index is 6.25. The van der Waals surface area contributed by atoms with E-state index in [0.29, 0.717) is 12.6 Å². The van der Waals surface area contributed by atoms with Crippen molar-refractivity contribution in [1.29, 1.82) is 0 Å². The SMILES string of the molecule is COc1ccc(Cn2c(C)nc3c(C)nc(SC)nc32)cc1OC1CCCC1. The average Bonchev–Trinajstić information content (AvgIpc) is 3.31. The van der Waals surface area contributed by atoms with Gasteiger partial charge in [0.1, 0.15) is 11.3 Å². The fourth-order valence-corrected chi connectivity index (χ4v) is 4.19. The van der Waals surface area contributed by atoms with E-state index < -0.39 is 0 Å². The van der Waals surface area contributed by atoms with Crippen molar-refractivity contribution in [2.75, 3.05) is 13.4 Å². The van der Waals surface area contributed by atoms with Crippen LogP contribution in [0.15, 0.2) is 23.4 Å². The van der Waals surface area contributed by atoms with Crippen molar-refractivity contribution in [2.45, 2.75) is 57.3 Å². The number of methoxy groups -OCH3 is 1. The zero-order valence-electron chi connectivity index (χ0n) is 16.9. The fraction of sp³-hybridized carbons (Fsp3) is 0.476. The van der Waals surface area contributed by atoms with E-state index >= 15 is 0 Å². The van der Waals surface area contributed by atoms with Crippen molar-refractivity contribution in [2.24, 2.45) is 0 Å². The molecule has 0 radical (unpaired) electrons. The summed E-state index contributed by atoms with van der Waals surface area (Å²) >= 11 is 1.55. The lowest BCUT2D eigenvalue weighted by Crippen LogP contribution is -2.12. The number of rotatable bonds is 6. The summed E-state index contributed by atoms with van der Waals surface area (Å²) in [5, 5.41) is 0.770. The third-order valence-corrected chi connectivity index (χ3v) is 5.83. The standard InChI is InChI=1S/C21H26N4O2S/c1-13-19-20(24-21(22-13)28-4)25(14(2)23-19)12-15-9-10-17(26-3)18(11-15)27-16-7-5-6-8-16/h9-11,16H,5-8,12H2,1-4H3. The first kappa shape index (κ1) is 19.1. The van der Waals surface area contributed by atoms with E-state index in [1.807, 2.05) is 26.2 Å². The normalized spacial score (nSPS) is 14.7. The Labute approximate surface area is 169 Å². The monoisotopic (exact) mass is 398 g/mol. The quantitative estimate of drug-likeness (QED) is 0.449. The van der Waals surface area contributed by atoms with Gasteiger partial charge in [-0.05, 0) is 63.5 Å². The van der Waals surface area contributed by atoms with Crippen LogP contribution in [-0.4, -0.2) is 39.0 Å². The largest absolute Gasteiger partial charge is 0.493 e. The highest BCUT2D eigenvalue weighted by Crippen LogP contribution is 2.33. The van der Waals surface area contributed by atoms with Gasteiger partial charge in [0.05, 0.1) is 25.5 Å². The van der Waals surface area contributed by atoms with Gasteiger partial charge in [0.25, 0.3) is 0 Å². The molecule has 4 rings (SSSR count). The second kappa shape index (κ2) is 7.99. The lowest BCUT2D eigenvalue weighted by molar-refractivity contribution is 0.200. The van der Waals surface area contributed by atoms with Gasteiger partial charge in [-0.1, -0.05) is 17.8 Å². The molecule has 0 unspecified atom stereocenters. The summed E-state index contributed by atoms with van der Waals surface area (Å²) in [5.41, 5.74) is 3.80. The van der Waals surface area contributed by atoms with E-state index in [1.54, 1.807) is 18.9 Å². The Morgan fingerprint density at radius 3 is 2.61 bits per heavy atom. The van der Waals surface area contributed by atoms with Crippen LogP contribution < -0.4 is 9.47 Å². The predicted octanol–water partition coefficient (Wildman–Crippen LogP) is 4.54. The lowest BCUT2D eigenvalue weighted by Gasteiger charge is -2.17. The molecule has 148 valence electrons. The molecule has 0 amide bonds. The van der Waals surface area contributed by atoms with Crippen LogP contribution in [0.25, 0.3) is 11.2 Å². The molecule has 1 aliphatic rings. The number of imidazole rings is 1. The predicted molar refractivity (Wildman–Crippen MR) is 112 cm³/mol. The zero-order valence-corrected chi connectivity index (χ0v) is 17.7. The molecule has 1 fully saturated rings. The van der Waals surface area contributed by atoms with Crippen molar-refractivity contribution in [3.8, 4) is 11.5 Å². The topological polar surface area (TPSA) is 62.1 Å². The summed E-state index contributed by atoms with van der Waals surface area (Å²) < 4.78 is 13.9. The molecule has 3 aromatic rings. The molecule has 6 nitrogen and oxygen atoms in total. The van der Waals surface area contributed by atoms with E-state index in [4.69, 9.17) is 19.4 Å². The van der Waals surface area contributed by atoms with Crippen LogP contribution in [0.3, 0.4) is 0 Å². The molecule has 2 heterocycles. The molecular weight excluding hydrogens is 372 g/mol. The van der Waals surface area contributed by atoms with Crippen LogP contribution >= 0.6 is 11.8 Å². The highest BCUT2D eigenvalue weighted by atomic mass is 32.2. The van der Waals surface area contributed by atoms with Gasteiger partial charge in [0.2, 0.25) is 0 Å². The van der Waals surface area contributed by atoms with Crippen LogP contribution in [0.1, 0.15) is 42.8 Å². The Bertz CT molecular complexity index is 996. The first-order chi connectivity index (χ1) is 13.6. The first-order valence-electron chi connectivity index (χ1n) is 9.68. The van der Waals surface area contributed by atoms with E-state index in [2.05, 4.69) is 21.7 Å². The molecule has 0 spiro atoms. The highest BCUT2D eigenvalue weighted by molar-refractivity contribution is 7.98. The number of fused-ring (bicyclic) bond motifs is 1. The average molecular weight is 399 g/mol. The van der Waals surface area contributed by atoms with Crippen molar-refractivity contribution in [1.82, 2.24) is 19.5 Å². The number of hydrogen-bond acceptors (Lipinski definition) is 6. The minimum atomic E-state index is 0.291. The molecule has 1 saturated carbocycles. The second-order valence-corrected chi connectivity index (χ2v) is 8.00. The van der Waals surface area contributed by atoms with Gasteiger partial charge in [-0.15, -0.1) is 0 Å². The van der Waals surface area contributed by atoms with Gasteiger partial charge < -0.3 is 14.0 Å². The van der Waals surface area contributed by atoms with Gasteiger partial charge in [-0.2, -0.15) is 0 Å². The van der Waals surface area contributed by atoms with Gasteiger partial charge >= 0.3 is 0 Å². The van der Waals surface area contributed by atoms with Crippen molar-refractivity contribution in [3.05, 3.63) is 35.3 Å². The number of thioether (sulfide) groups is 1. The Balaban J connectivity index is 1.69. The third-order valence-electron chi connectivity index (χ3n) is 5.29. The van der Waals surface area contributed by atoms with E-state index in [0.717, 1.165) is 57.7 Å². The molecule has 0 bridgehead atoms. The molecular formula is C21H26N4O2S. The lowest BCUT2D eigenvalue weighted by atomic mass is 10.2. The number of aromatic nitrogens is 4. The molecule has 0 atom stereocenters. The molecule has 0 saturated heterocycles. The van der Waals surface area contributed by atoms with Crippen molar-refractivity contribution in [3.63, 3.8) is 0 Å². The summed E-state index contributed by atoms with van der Waals surface area (Å²) in [6.07, 6.45) is 7.00. The number of hydrogen-bond donors (Lipinski definition) is 0. The van der Waals surface area contributed by atoms with Crippen LogP contribution in [0, 0.1) is 13.8 Å². The summed E-state index contributed by atoms with van der Waals surface area (Å²) in [5.74, 6) is 2.54. The van der Waals surface area contributed by atoms with Gasteiger partial charge in [-0.3, -0.25) is 0 Å². The highest BCUT2D eigenvalue weighted by Gasteiger charge is 2.19. The van der Waals surface area contributed by atoms with Crippen LogP contribution in [0.5, 0.6) is 11.5 Å². The van der Waals surface area contributed by atoms with Gasteiger partial charge in [-0.25, -0.2) is 15.0 Å². The minimum Gasteiger partial charge on any atom is -0.493 e. The first-order valence-corrected chi connectivity index (χ1v) is 10.9. The maximum atomic E-state index is 6.25. The smallest absolute Gasteiger partial charge is 0.189 e. The van der Waals surface area contributed by atoms with Crippen molar-refractivity contribution >= 4 is 22.9 Å². The number of benzene rings is 1. The van der Waals surface area contributed by atoms with Crippen LogP contribution in [0.4, 0.5) is 0 Å². The van der Waals surface area contributed by atoms with Crippen LogP contribution in [-0.2, 0) is 6.54 Å². The molecule has 1 aromatic carbocycles. The summed E-state index contributed by atoms with van der Waals surface area (Å²) in [7, 11) is 1.69. The minimum absolute atomic E-state index is 0.291. The maximum Gasteiger partial charge on any atom is 0.189 e. The van der Waals surface area contributed by atoms with Crippen molar-refractivity contribution < 1.29 is 9.47 Å². The zero-order chi connectivity index (χ0) is 19.7. The molecule has 28 heavy (non-hydrogen) atoms. The van der Waals surface area contributed by atoms with Gasteiger partial charge in [0.15, 0.2) is 22.3 Å². The Hall–Kier alpha value is -2.28. The summed E-state index contributed by atoms with van der Waals surface area (Å²) in [4.78, 5) is 13.9. The molecule has 2 aromatic heterocycles. The van der Waals surface area contributed by atoms with Crippen LogP contribution in [0.2, 0.25) is 0 Å². The molecule has 0 N–H and O–H groups in total. The second-order valence-electron chi connectivity index (χ2n) is 7.22. The van der Waals surface area contributed by atoms with Gasteiger partial charge in [0, 0.05) is 0 Å². The van der Waals surface area contributed by atoms with E-state index in [9.17, 15) is 0 Å². The molecule has 1 aliphatic carbocycles. The number of ether oxygens (including phenoxy) is 2. The van der Waals surface area contributed by atoms with E-state index in [-0.39, 0.29) is 0 Å². The summed E-state index contributed by atoms with van der Waals surface area (Å²) in [6, 6.07) is 6.16. The summed E-state index contributed by atoms with van der Waals surface area (Å²) in [6.45, 7) is 4.68. The molecule has 7 heteroatoms. The number of nitrogens with zero attached hydrogens (tertiary/aromatic N) is 4. The molecule has 0 aliphatic heterocycles. The fourth-order valence-electron chi connectivity index (χ4n) is 3.78. The van der Waals surface area contributed by atoms with E-state index in [1.165, 1.54) is 12.8 Å². The Morgan fingerprint density at radius 1 is 1.11 bits per heavy atom. The third kappa shape index (κ3) is 3.68. The Kier molecular flexibility index (Phi) is 5.44. The number of aryl methyl sites for hydroxylation is 2. The Morgan fingerprint density at radius 2 is 1.89 bits per heavy atom.